The molecule has 0 aromatic heterocycles. The van der Waals surface area contributed by atoms with E-state index in [9.17, 15) is 9.59 Å². The zero-order chi connectivity index (χ0) is 13.8. The highest BCUT2D eigenvalue weighted by atomic mass is 16.2. The smallest absolute Gasteiger partial charge is 0.251 e. The number of nitrogens with one attached hydrogen (secondary N) is 2. The first-order valence-electron chi connectivity index (χ1n) is 6.43. The highest BCUT2D eigenvalue weighted by Gasteiger charge is 2.25. The third kappa shape index (κ3) is 2.93. The molecule has 1 saturated heterocycles. The van der Waals surface area contributed by atoms with E-state index in [-0.39, 0.29) is 17.9 Å². The maximum absolute atomic E-state index is 11.7. The Morgan fingerprint density at radius 3 is 2.89 bits per heavy atom. The van der Waals surface area contributed by atoms with Gasteiger partial charge >= 0.3 is 0 Å². The van der Waals surface area contributed by atoms with Crippen molar-refractivity contribution in [1.29, 1.82) is 0 Å². The maximum Gasteiger partial charge on any atom is 0.251 e. The molecule has 0 bridgehead atoms. The summed E-state index contributed by atoms with van der Waals surface area (Å²) in [6.45, 7) is 3.81. The first-order chi connectivity index (χ1) is 9.13. The highest BCUT2D eigenvalue weighted by molar-refractivity contribution is 5.94. The number of carbonyl (C=O) groups is 2. The second-order valence-corrected chi connectivity index (χ2v) is 4.64. The quantitative estimate of drug-likeness (QED) is 0.817. The number of carbonyl (C=O) groups excluding carboxylic acids is 2. The number of nitrogens with zero attached hydrogens (tertiary/aromatic N) is 1. The van der Waals surface area contributed by atoms with Gasteiger partial charge in [0.1, 0.15) is 0 Å². The molecule has 1 aliphatic rings. The Morgan fingerprint density at radius 1 is 1.42 bits per heavy atom. The molecule has 2 N–H and O–H groups in total. The van der Waals surface area contributed by atoms with Gasteiger partial charge in [0.25, 0.3) is 5.91 Å². The Hall–Kier alpha value is -1.88. The van der Waals surface area contributed by atoms with E-state index >= 15 is 0 Å². The van der Waals surface area contributed by atoms with Gasteiger partial charge in [-0.25, -0.2) is 0 Å². The zero-order valence-electron chi connectivity index (χ0n) is 11.3. The van der Waals surface area contributed by atoms with Crippen molar-refractivity contribution in [2.24, 2.45) is 0 Å². The van der Waals surface area contributed by atoms with E-state index in [1.54, 1.807) is 20.0 Å². The lowest BCUT2D eigenvalue weighted by atomic mass is 10.0. The molecule has 1 heterocycles. The molecule has 2 rings (SSSR count). The van der Waals surface area contributed by atoms with E-state index in [0.29, 0.717) is 12.1 Å². The molecule has 0 aliphatic carbocycles. The molecule has 1 atom stereocenters. The normalized spacial score (nSPS) is 19.1. The number of hydrogen-bond acceptors (Lipinski definition) is 3. The van der Waals surface area contributed by atoms with Gasteiger partial charge in [-0.3, -0.25) is 9.59 Å². The van der Waals surface area contributed by atoms with Gasteiger partial charge in [0, 0.05) is 39.2 Å². The Kier molecular flexibility index (Phi) is 4.16. The molecule has 5 heteroatoms. The molecule has 1 fully saturated rings. The lowest BCUT2D eigenvalue weighted by molar-refractivity contribution is -0.132. The van der Waals surface area contributed by atoms with Crippen molar-refractivity contribution in [2.75, 3.05) is 26.7 Å². The van der Waals surface area contributed by atoms with Gasteiger partial charge in [0.2, 0.25) is 5.91 Å². The number of hydrogen-bond donors (Lipinski definition) is 2. The van der Waals surface area contributed by atoms with Gasteiger partial charge < -0.3 is 15.5 Å². The van der Waals surface area contributed by atoms with Crippen LogP contribution < -0.4 is 10.6 Å². The van der Waals surface area contributed by atoms with Crippen molar-refractivity contribution in [3.8, 4) is 0 Å². The fourth-order valence-electron chi connectivity index (χ4n) is 2.41. The van der Waals surface area contributed by atoms with E-state index in [0.717, 1.165) is 18.7 Å². The van der Waals surface area contributed by atoms with Crippen LogP contribution in [0.25, 0.3) is 0 Å². The molecule has 0 saturated carbocycles. The van der Waals surface area contributed by atoms with Gasteiger partial charge in [0.05, 0.1) is 6.04 Å². The van der Waals surface area contributed by atoms with Crippen LogP contribution in [-0.4, -0.2) is 43.4 Å². The number of benzene rings is 1. The third-order valence-electron chi connectivity index (χ3n) is 3.41. The summed E-state index contributed by atoms with van der Waals surface area (Å²) in [5.41, 5.74) is 1.61. The lowest BCUT2D eigenvalue weighted by Crippen LogP contribution is -2.47. The summed E-state index contributed by atoms with van der Waals surface area (Å²) >= 11 is 0. The molecule has 102 valence electrons. The van der Waals surface area contributed by atoms with Crippen LogP contribution in [-0.2, 0) is 4.79 Å². The van der Waals surface area contributed by atoms with Gasteiger partial charge in [-0.2, -0.15) is 0 Å². The minimum Gasteiger partial charge on any atom is -0.355 e. The minimum absolute atomic E-state index is 0.00384. The molecular formula is C14H19N3O2. The van der Waals surface area contributed by atoms with E-state index in [1.165, 1.54) is 0 Å². The summed E-state index contributed by atoms with van der Waals surface area (Å²) in [7, 11) is 1.61. The van der Waals surface area contributed by atoms with E-state index < -0.39 is 0 Å². The number of amides is 2. The molecule has 1 aromatic carbocycles. The summed E-state index contributed by atoms with van der Waals surface area (Å²) in [6, 6.07) is 7.44. The third-order valence-corrected chi connectivity index (χ3v) is 3.41. The fourth-order valence-corrected chi connectivity index (χ4v) is 2.41. The van der Waals surface area contributed by atoms with Crippen LogP contribution in [0, 0.1) is 0 Å². The summed E-state index contributed by atoms with van der Waals surface area (Å²) in [6.07, 6.45) is 0. The summed E-state index contributed by atoms with van der Waals surface area (Å²) in [5, 5.41) is 5.90. The minimum atomic E-state index is -0.111. The molecular weight excluding hydrogens is 242 g/mol. The summed E-state index contributed by atoms with van der Waals surface area (Å²) < 4.78 is 0. The van der Waals surface area contributed by atoms with Crippen LogP contribution in [0.5, 0.6) is 0 Å². The van der Waals surface area contributed by atoms with Crippen molar-refractivity contribution in [3.05, 3.63) is 35.4 Å². The van der Waals surface area contributed by atoms with E-state index in [2.05, 4.69) is 10.6 Å². The second kappa shape index (κ2) is 5.84. The van der Waals surface area contributed by atoms with Crippen molar-refractivity contribution in [2.45, 2.75) is 13.0 Å². The van der Waals surface area contributed by atoms with Crippen molar-refractivity contribution < 1.29 is 9.59 Å². The molecule has 0 spiro atoms. The number of rotatable bonds is 2. The average molecular weight is 261 g/mol. The van der Waals surface area contributed by atoms with Crippen LogP contribution >= 0.6 is 0 Å². The van der Waals surface area contributed by atoms with Gasteiger partial charge in [-0.1, -0.05) is 12.1 Å². The first-order valence-corrected chi connectivity index (χ1v) is 6.43. The maximum atomic E-state index is 11.7. The Morgan fingerprint density at radius 2 is 2.21 bits per heavy atom. The average Bonchev–Trinajstić information content (AvgIpc) is 2.46. The standard InChI is InChI=1S/C14H19N3O2/c1-10(18)17-7-6-16-9-13(17)11-4-3-5-12(8-11)14(19)15-2/h3-5,8,13,16H,6-7,9H2,1-2H3,(H,15,19). The molecule has 19 heavy (non-hydrogen) atoms. The van der Waals surface area contributed by atoms with Crippen LogP contribution in [0.2, 0.25) is 0 Å². The number of piperazine rings is 1. The van der Waals surface area contributed by atoms with Crippen LogP contribution in [0.4, 0.5) is 0 Å². The second-order valence-electron chi connectivity index (χ2n) is 4.64. The summed E-state index contributed by atoms with van der Waals surface area (Å²) in [4.78, 5) is 25.2. The first kappa shape index (κ1) is 13.5. The SMILES string of the molecule is CNC(=O)c1cccc(C2CNCCN2C(C)=O)c1. The predicted octanol–water partition coefficient (Wildman–Crippen LogP) is 0.539. The molecule has 1 aliphatic heterocycles. The van der Waals surface area contributed by atoms with Gasteiger partial charge in [0.15, 0.2) is 0 Å². The molecule has 1 unspecified atom stereocenters. The Balaban J connectivity index is 2.29. The molecule has 0 radical (unpaired) electrons. The van der Waals surface area contributed by atoms with Crippen molar-refractivity contribution in [1.82, 2.24) is 15.5 Å². The zero-order valence-corrected chi connectivity index (χ0v) is 11.3. The van der Waals surface area contributed by atoms with E-state index in [1.807, 2.05) is 23.1 Å². The van der Waals surface area contributed by atoms with Crippen LogP contribution in [0.3, 0.4) is 0 Å². The van der Waals surface area contributed by atoms with E-state index in [4.69, 9.17) is 0 Å². The van der Waals surface area contributed by atoms with Gasteiger partial charge in [-0.05, 0) is 17.7 Å². The predicted molar refractivity (Wildman–Crippen MR) is 72.8 cm³/mol. The molecule has 1 aromatic rings. The largest absolute Gasteiger partial charge is 0.355 e. The highest BCUT2D eigenvalue weighted by Crippen LogP contribution is 2.23. The van der Waals surface area contributed by atoms with Crippen LogP contribution in [0.15, 0.2) is 24.3 Å². The monoisotopic (exact) mass is 261 g/mol. The van der Waals surface area contributed by atoms with Gasteiger partial charge in [-0.15, -0.1) is 0 Å². The van der Waals surface area contributed by atoms with Crippen molar-refractivity contribution in [3.63, 3.8) is 0 Å². The Bertz CT molecular complexity index is 487. The van der Waals surface area contributed by atoms with Crippen molar-refractivity contribution >= 4 is 11.8 Å². The Labute approximate surface area is 113 Å². The fraction of sp³-hybridized carbons (Fsp3) is 0.429. The van der Waals surface area contributed by atoms with Crippen LogP contribution in [0.1, 0.15) is 28.9 Å². The lowest BCUT2D eigenvalue weighted by Gasteiger charge is -2.36. The topological polar surface area (TPSA) is 61.4 Å². The summed E-state index contributed by atoms with van der Waals surface area (Å²) in [5.74, 6) is -0.0446. The molecule has 5 nitrogen and oxygen atoms in total. The molecule has 2 amide bonds.